The first-order valence-electron chi connectivity index (χ1n) is 5.07. The van der Waals surface area contributed by atoms with Gasteiger partial charge in [-0.2, -0.15) is 5.26 Å². The molecule has 2 rings (SSSR count). The molecule has 0 radical (unpaired) electrons. The van der Waals surface area contributed by atoms with Gasteiger partial charge in [0.05, 0.1) is 5.56 Å². The molecule has 4 heteroatoms. The molecule has 0 unspecified atom stereocenters. The fourth-order valence-corrected chi connectivity index (χ4v) is 2.33. The molecular formula is C11H14N2OS. The summed E-state index contributed by atoms with van der Waals surface area (Å²) in [5.41, 5.74) is 0.898. The standard InChI is InChI=1S/C11H14N2OS/c12-4-9-3-10(15-6-9)5-13-7-11(8-14)1-2-11/h3,6,13-14H,1-2,5,7-8H2. The van der Waals surface area contributed by atoms with Gasteiger partial charge in [-0.15, -0.1) is 11.3 Å². The van der Waals surface area contributed by atoms with Crippen LogP contribution in [-0.4, -0.2) is 18.3 Å². The summed E-state index contributed by atoms with van der Waals surface area (Å²) in [6.45, 7) is 1.96. The Morgan fingerprint density at radius 1 is 1.60 bits per heavy atom. The van der Waals surface area contributed by atoms with Crippen molar-refractivity contribution in [2.45, 2.75) is 19.4 Å². The van der Waals surface area contributed by atoms with Gasteiger partial charge in [-0.05, 0) is 18.9 Å². The van der Waals surface area contributed by atoms with Crippen LogP contribution in [0.1, 0.15) is 23.3 Å². The van der Waals surface area contributed by atoms with E-state index in [9.17, 15) is 0 Å². The zero-order valence-corrected chi connectivity index (χ0v) is 9.31. The van der Waals surface area contributed by atoms with Crippen molar-refractivity contribution in [2.24, 2.45) is 5.41 Å². The van der Waals surface area contributed by atoms with Crippen LogP contribution in [0.3, 0.4) is 0 Å². The largest absolute Gasteiger partial charge is 0.396 e. The summed E-state index contributed by atoms with van der Waals surface area (Å²) in [6, 6.07) is 4.03. The highest BCUT2D eigenvalue weighted by atomic mass is 32.1. The second-order valence-corrected chi connectivity index (χ2v) is 5.17. The molecule has 1 aliphatic rings. The van der Waals surface area contributed by atoms with Gasteiger partial charge in [0.2, 0.25) is 0 Å². The Labute approximate surface area is 93.4 Å². The van der Waals surface area contributed by atoms with E-state index in [1.807, 2.05) is 11.4 Å². The van der Waals surface area contributed by atoms with E-state index >= 15 is 0 Å². The Kier molecular flexibility index (Phi) is 3.06. The van der Waals surface area contributed by atoms with E-state index in [1.165, 1.54) is 4.88 Å². The number of rotatable bonds is 5. The Morgan fingerprint density at radius 2 is 2.40 bits per heavy atom. The van der Waals surface area contributed by atoms with Gasteiger partial charge in [0.25, 0.3) is 0 Å². The summed E-state index contributed by atoms with van der Waals surface area (Å²) < 4.78 is 0. The molecular weight excluding hydrogens is 208 g/mol. The summed E-state index contributed by atoms with van der Waals surface area (Å²) in [6.07, 6.45) is 2.26. The highest BCUT2D eigenvalue weighted by Crippen LogP contribution is 2.44. The molecule has 0 aliphatic heterocycles. The maximum Gasteiger partial charge on any atom is 0.100 e. The first-order valence-corrected chi connectivity index (χ1v) is 5.95. The molecule has 1 saturated carbocycles. The predicted octanol–water partition coefficient (Wildman–Crippen LogP) is 1.48. The number of thiophene rings is 1. The predicted molar refractivity (Wildman–Crippen MR) is 59.5 cm³/mol. The number of nitriles is 1. The Hall–Kier alpha value is -0.890. The van der Waals surface area contributed by atoms with Crippen molar-refractivity contribution in [3.05, 3.63) is 21.9 Å². The molecule has 0 saturated heterocycles. The van der Waals surface area contributed by atoms with Gasteiger partial charge < -0.3 is 10.4 Å². The van der Waals surface area contributed by atoms with Crippen LogP contribution >= 0.6 is 11.3 Å². The SMILES string of the molecule is N#Cc1csc(CNCC2(CO)CC2)c1. The second-order valence-electron chi connectivity index (χ2n) is 4.18. The lowest BCUT2D eigenvalue weighted by molar-refractivity contribution is 0.207. The van der Waals surface area contributed by atoms with Gasteiger partial charge in [0.15, 0.2) is 0 Å². The van der Waals surface area contributed by atoms with Crippen LogP contribution in [0.25, 0.3) is 0 Å². The average Bonchev–Trinajstić information content (AvgIpc) is 2.89. The summed E-state index contributed by atoms with van der Waals surface area (Å²) in [4.78, 5) is 1.18. The maximum absolute atomic E-state index is 9.12. The molecule has 1 aliphatic carbocycles. The summed E-state index contributed by atoms with van der Waals surface area (Å²) >= 11 is 1.61. The highest BCUT2D eigenvalue weighted by Gasteiger charge is 2.41. The fraction of sp³-hybridized carbons (Fsp3) is 0.545. The molecule has 2 N–H and O–H groups in total. The van der Waals surface area contributed by atoms with Crippen LogP contribution in [0.5, 0.6) is 0 Å². The molecule has 80 valence electrons. The third-order valence-corrected chi connectivity index (χ3v) is 3.81. The van der Waals surface area contributed by atoms with Crippen molar-refractivity contribution in [1.29, 1.82) is 5.26 Å². The van der Waals surface area contributed by atoms with Crippen molar-refractivity contribution in [1.82, 2.24) is 5.32 Å². The molecule has 0 spiro atoms. The highest BCUT2D eigenvalue weighted by molar-refractivity contribution is 7.10. The Bertz CT molecular complexity index is 376. The number of hydrogen-bond acceptors (Lipinski definition) is 4. The zero-order valence-electron chi connectivity index (χ0n) is 8.49. The minimum Gasteiger partial charge on any atom is -0.396 e. The van der Waals surface area contributed by atoms with Crippen LogP contribution < -0.4 is 5.32 Å². The fourth-order valence-electron chi connectivity index (χ4n) is 1.55. The molecule has 0 amide bonds. The molecule has 1 fully saturated rings. The van der Waals surface area contributed by atoms with Crippen LogP contribution in [0.4, 0.5) is 0 Å². The van der Waals surface area contributed by atoms with Gasteiger partial charge in [0.1, 0.15) is 6.07 Å². The number of hydrogen-bond donors (Lipinski definition) is 2. The maximum atomic E-state index is 9.12. The van der Waals surface area contributed by atoms with Gasteiger partial charge in [-0.25, -0.2) is 0 Å². The minimum atomic E-state index is 0.162. The van der Waals surface area contributed by atoms with Crippen molar-refractivity contribution in [3.63, 3.8) is 0 Å². The van der Waals surface area contributed by atoms with E-state index in [4.69, 9.17) is 10.4 Å². The van der Waals surface area contributed by atoms with E-state index in [0.717, 1.165) is 31.5 Å². The van der Waals surface area contributed by atoms with Crippen LogP contribution in [0.2, 0.25) is 0 Å². The second kappa shape index (κ2) is 4.31. The smallest absolute Gasteiger partial charge is 0.100 e. The number of nitrogens with one attached hydrogen (secondary N) is 1. The summed E-state index contributed by atoms with van der Waals surface area (Å²) in [7, 11) is 0. The van der Waals surface area contributed by atoms with Crippen LogP contribution in [0.15, 0.2) is 11.4 Å². The number of nitrogens with zero attached hydrogens (tertiary/aromatic N) is 1. The van der Waals surface area contributed by atoms with E-state index in [2.05, 4.69) is 11.4 Å². The van der Waals surface area contributed by atoms with Gasteiger partial charge >= 0.3 is 0 Å². The average molecular weight is 222 g/mol. The van der Waals surface area contributed by atoms with Crippen molar-refractivity contribution < 1.29 is 5.11 Å². The quantitative estimate of drug-likeness (QED) is 0.793. The van der Waals surface area contributed by atoms with Crippen molar-refractivity contribution in [2.75, 3.05) is 13.2 Å². The lowest BCUT2D eigenvalue weighted by Crippen LogP contribution is -2.25. The summed E-state index contributed by atoms with van der Waals surface area (Å²) in [5.74, 6) is 0. The zero-order chi connectivity index (χ0) is 10.7. The molecule has 1 aromatic rings. The molecule has 0 bridgehead atoms. The van der Waals surface area contributed by atoms with Gasteiger partial charge in [-0.1, -0.05) is 0 Å². The number of aliphatic hydroxyl groups is 1. The topological polar surface area (TPSA) is 56.0 Å². The van der Waals surface area contributed by atoms with Gasteiger partial charge in [0, 0.05) is 35.4 Å². The first-order chi connectivity index (χ1) is 7.28. The lowest BCUT2D eigenvalue weighted by atomic mass is 10.1. The van der Waals surface area contributed by atoms with E-state index in [0.29, 0.717) is 0 Å². The number of aliphatic hydroxyl groups excluding tert-OH is 1. The molecule has 0 atom stereocenters. The van der Waals surface area contributed by atoms with E-state index in [-0.39, 0.29) is 12.0 Å². The molecule has 1 aromatic heterocycles. The Balaban J connectivity index is 1.76. The third kappa shape index (κ3) is 2.57. The molecule has 3 nitrogen and oxygen atoms in total. The van der Waals surface area contributed by atoms with Crippen LogP contribution in [-0.2, 0) is 6.54 Å². The van der Waals surface area contributed by atoms with Crippen LogP contribution in [0, 0.1) is 16.7 Å². The normalized spacial score (nSPS) is 17.3. The Morgan fingerprint density at radius 3 is 2.93 bits per heavy atom. The molecule has 15 heavy (non-hydrogen) atoms. The molecule has 0 aromatic carbocycles. The molecule has 1 heterocycles. The van der Waals surface area contributed by atoms with Crippen molar-refractivity contribution >= 4 is 11.3 Å². The lowest BCUT2D eigenvalue weighted by Gasteiger charge is -2.11. The summed E-state index contributed by atoms with van der Waals surface area (Å²) in [5, 5.41) is 23.0. The third-order valence-electron chi connectivity index (χ3n) is 2.87. The van der Waals surface area contributed by atoms with Crippen molar-refractivity contribution in [3.8, 4) is 6.07 Å². The van der Waals surface area contributed by atoms with E-state index < -0.39 is 0 Å². The monoisotopic (exact) mass is 222 g/mol. The first kappa shape index (κ1) is 10.6. The minimum absolute atomic E-state index is 0.162. The van der Waals surface area contributed by atoms with Gasteiger partial charge in [-0.3, -0.25) is 0 Å². The van der Waals surface area contributed by atoms with E-state index in [1.54, 1.807) is 11.3 Å².